The minimum atomic E-state index is 0.859. The lowest BCUT2D eigenvalue weighted by molar-refractivity contribution is 0.669. The van der Waals surface area contributed by atoms with Crippen molar-refractivity contribution in [1.29, 1.82) is 0 Å². The summed E-state index contributed by atoms with van der Waals surface area (Å²) < 4.78 is 9.34. The van der Waals surface area contributed by atoms with E-state index in [-0.39, 0.29) is 0 Å². The predicted molar refractivity (Wildman–Crippen MR) is 253 cm³/mol. The number of fused-ring (bicyclic) bond motifs is 9. The number of rotatable bonds is 6. The number of para-hydroxylation sites is 2. The summed E-state index contributed by atoms with van der Waals surface area (Å²) >= 11 is 1.86. The van der Waals surface area contributed by atoms with E-state index in [4.69, 9.17) is 4.42 Å². The maximum Gasteiger partial charge on any atom is 0.159 e. The molecule has 59 heavy (non-hydrogen) atoms. The highest BCUT2D eigenvalue weighted by Gasteiger charge is 2.22. The van der Waals surface area contributed by atoms with Crippen LogP contribution in [-0.2, 0) is 0 Å². The highest BCUT2D eigenvalue weighted by atomic mass is 32.1. The highest BCUT2D eigenvalue weighted by molar-refractivity contribution is 7.25. The van der Waals surface area contributed by atoms with Gasteiger partial charge in [-0.15, -0.1) is 11.3 Å². The van der Waals surface area contributed by atoms with Crippen molar-refractivity contribution in [2.45, 2.75) is 0 Å². The summed E-state index contributed by atoms with van der Waals surface area (Å²) in [5.74, 6) is 0. The van der Waals surface area contributed by atoms with E-state index in [0.717, 1.165) is 39.0 Å². The van der Waals surface area contributed by atoms with E-state index in [2.05, 4.69) is 211 Å². The molecule has 2 heterocycles. The Morgan fingerprint density at radius 2 is 1.00 bits per heavy atom. The summed E-state index contributed by atoms with van der Waals surface area (Å²) in [5.41, 5.74) is 12.0. The van der Waals surface area contributed by atoms with Gasteiger partial charge in [0.05, 0.1) is 5.69 Å². The molecule has 0 bridgehead atoms. The molecule has 276 valence electrons. The topological polar surface area (TPSA) is 16.4 Å². The summed E-state index contributed by atoms with van der Waals surface area (Å²) in [6.07, 6.45) is 0. The lowest BCUT2D eigenvalue weighted by Crippen LogP contribution is -2.10. The Labute approximate surface area is 345 Å². The molecule has 0 spiro atoms. The molecule has 10 aromatic carbocycles. The Hall–Kier alpha value is -7.46. The molecule has 0 fully saturated rings. The normalized spacial score (nSPS) is 11.7. The van der Waals surface area contributed by atoms with Crippen molar-refractivity contribution < 1.29 is 4.42 Å². The van der Waals surface area contributed by atoms with Crippen LogP contribution in [0.2, 0.25) is 0 Å². The van der Waals surface area contributed by atoms with Crippen LogP contribution in [0.3, 0.4) is 0 Å². The highest BCUT2D eigenvalue weighted by Crippen LogP contribution is 2.47. The van der Waals surface area contributed by atoms with E-state index in [9.17, 15) is 0 Å². The van der Waals surface area contributed by atoms with Gasteiger partial charge in [0, 0.05) is 42.3 Å². The number of nitrogens with zero attached hydrogens (tertiary/aromatic N) is 1. The van der Waals surface area contributed by atoms with Gasteiger partial charge in [-0.25, -0.2) is 0 Å². The predicted octanol–water partition coefficient (Wildman–Crippen LogP) is 16.7. The van der Waals surface area contributed by atoms with Gasteiger partial charge in [0.2, 0.25) is 0 Å². The van der Waals surface area contributed by atoms with Crippen LogP contribution in [0.15, 0.2) is 217 Å². The van der Waals surface area contributed by atoms with Gasteiger partial charge in [-0.3, -0.25) is 0 Å². The van der Waals surface area contributed by atoms with Gasteiger partial charge in [0.15, 0.2) is 5.58 Å². The average Bonchev–Trinajstić information content (AvgIpc) is 3.89. The smallest absolute Gasteiger partial charge is 0.159 e. The van der Waals surface area contributed by atoms with E-state index in [1.165, 1.54) is 75.1 Å². The van der Waals surface area contributed by atoms with Gasteiger partial charge in [0.1, 0.15) is 5.58 Å². The Morgan fingerprint density at radius 3 is 1.86 bits per heavy atom. The molecule has 0 aliphatic rings. The van der Waals surface area contributed by atoms with Gasteiger partial charge in [-0.2, -0.15) is 0 Å². The van der Waals surface area contributed by atoms with Gasteiger partial charge in [0.25, 0.3) is 0 Å². The Morgan fingerprint density at radius 1 is 0.356 bits per heavy atom. The standard InChI is InChI=1S/C56H35NOS/c1-2-14-36(15-3-1)50-35-40(32-33-44(50)46-22-13-27-54-55(46)48-21-9-11-26-53(48)59-54)57(51-24-12-23-47-45-20-8-10-25-52(45)58-56(47)51)39-30-28-37(29-31-39)49-34-38-16-4-5-17-41(38)42-18-6-7-19-43(42)49/h1-35H. The summed E-state index contributed by atoms with van der Waals surface area (Å²) in [6, 6.07) is 76.9. The third-order valence-corrected chi connectivity index (χ3v) is 13.0. The summed E-state index contributed by atoms with van der Waals surface area (Å²) in [6.45, 7) is 0. The first-order chi connectivity index (χ1) is 29.3. The van der Waals surface area contributed by atoms with Crippen molar-refractivity contribution in [2.75, 3.05) is 4.90 Å². The Kier molecular flexibility index (Phi) is 7.75. The summed E-state index contributed by atoms with van der Waals surface area (Å²) in [5, 5.41) is 9.83. The monoisotopic (exact) mass is 769 g/mol. The maximum absolute atomic E-state index is 6.74. The molecule has 0 aliphatic carbocycles. The third-order valence-electron chi connectivity index (χ3n) is 11.9. The van der Waals surface area contributed by atoms with Crippen LogP contribution in [-0.4, -0.2) is 0 Å². The van der Waals surface area contributed by atoms with Crippen molar-refractivity contribution in [3.05, 3.63) is 212 Å². The molecule has 0 unspecified atom stereocenters. The molecule has 3 heteroatoms. The lowest BCUT2D eigenvalue weighted by Gasteiger charge is -2.27. The van der Waals surface area contributed by atoms with E-state index in [1.807, 2.05) is 17.4 Å². The molecule has 0 radical (unpaired) electrons. The molecule has 12 aromatic rings. The van der Waals surface area contributed by atoms with Crippen molar-refractivity contribution in [2.24, 2.45) is 0 Å². The molecular formula is C56H35NOS. The van der Waals surface area contributed by atoms with E-state index in [1.54, 1.807) is 0 Å². The Bertz CT molecular complexity index is 3560. The molecule has 0 saturated heterocycles. The lowest BCUT2D eigenvalue weighted by atomic mass is 9.91. The van der Waals surface area contributed by atoms with Gasteiger partial charge < -0.3 is 9.32 Å². The molecular weight excluding hydrogens is 735 g/mol. The number of benzene rings is 10. The number of thiophene rings is 1. The van der Waals surface area contributed by atoms with Gasteiger partial charge in [-0.05, 0) is 110 Å². The molecule has 0 atom stereocenters. The first-order valence-electron chi connectivity index (χ1n) is 20.1. The van der Waals surface area contributed by atoms with E-state index < -0.39 is 0 Å². The SMILES string of the molecule is c1ccc(-c2cc(N(c3ccc(-c4cc5ccccc5c5ccccc45)cc3)c3cccc4c3oc3ccccc34)ccc2-c2cccc3sc4ccccc4c23)cc1. The molecule has 12 rings (SSSR count). The molecule has 0 amide bonds. The van der Waals surface area contributed by atoms with E-state index >= 15 is 0 Å². The minimum absolute atomic E-state index is 0.859. The second-order valence-corrected chi connectivity index (χ2v) is 16.3. The summed E-state index contributed by atoms with van der Waals surface area (Å²) in [7, 11) is 0. The van der Waals surface area contributed by atoms with Gasteiger partial charge in [-0.1, -0.05) is 158 Å². The molecule has 0 N–H and O–H groups in total. The van der Waals surface area contributed by atoms with Crippen LogP contribution in [0.1, 0.15) is 0 Å². The van der Waals surface area contributed by atoms with Crippen LogP contribution in [0, 0.1) is 0 Å². The van der Waals surface area contributed by atoms with Crippen LogP contribution in [0.25, 0.3) is 97.0 Å². The fourth-order valence-electron chi connectivity index (χ4n) is 9.18. The van der Waals surface area contributed by atoms with Crippen LogP contribution < -0.4 is 4.90 Å². The number of furan rings is 1. The van der Waals surface area contributed by atoms with Crippen molar-refractivity contribution in [3.8, 4) is 33.4 Å². The minimum Gasteiger partial charge on any atom is -0.454 e. The third kappa shape index (κ3) is 5.47. The zero-order chi connectivity index (χ0) is 38.9. The van der Waals surface area contributed by atoms with E-state index in [0.29, 0.717) is 0 Å². The second-order valence-electron chi connectivity index (χ2n) is 15.2. The van der Waals surface area contributed by atoms with Crippen LogP contribution in [0.4, 0.5) is 17.1 Å². The van der Waals surface area contributed by atoms with Crippen molar-refractivity contribution in [3.63, 3.8) is 0 Å². The number of anilines is 3. The first-order valence-corrected chi connectivity index (χ1v) is 20.9. The van der Waals surface area contributed by atoms with Crippen LogP contribution >= 0.6 is 11.3 Å². The quantitative estimate of drug-likeness (QED) is 0.157. The first kappa shape index (κ1) is 33.7. The fraction of sp³-hybridized carbons (Fsp3) is 0. The Balaban J connectivity index is 1.08. The van der Waals surface area contributed by atoms with Crippen molar-refractivity contribution >= 4 is 92.1 Å². The van der Waals surface area contributed by atoms with Crippen molar-refractivity contribution in [1.82, 2.24) is 0 Å². The molecule has 2 nitrogen and oxygen atoms in total. The maximum atomic E-state index is 6.74. The van der Waals surface area contributed by atoms with Crippen LogP contribution in [0.5, 0.6) is 0 Å². The number of hydrogen-bond donors (Lipinski definition) is 0. The molecule has 2 aromatic heterocycles. The number of hydrogen-bond acceptors (Lipinski definition) is 3. The zero-order valence-corrected chi connectivity index (χ0v) is 32.8. The second kappa shape index (κ2) is 13.6. The average molecular weight is 770 g/mol. The molecule has 0 saturated carbocycles. The zero-order valence-electron chi connectivity index (χ0n) is 32.0. The molecule has 0 aliphatic heterocycles. The summed E-state index contributed by atoms with van der Waals surface area (Å²) in [4.78, 5) is 2.36. The largest absolute Gasteiger partial charge is 0.454 e. The fourth-order valence-corrected chi connectivity index (χ4v) is 10.3. The van der Waals surface area contributed by atoms with Gasteiger partial charge >= 0.3 is 0 Å².